The third kappa shape index (κ3) is 4.02. The standard InChI is InChI=1S/C14H22N2S/c1-16(11-13-4-3-9-15-13)10-12-5-7-14(17-2)8-6-12/h5-8,13,15H,3-4,9-11H2,1-2H3. The number of hydrogen-bond acceptors (Lipinski definition) is 3. The number of likely N-dealkylation sites (N-methyl/N-ethyl adjacent to an activating group) is 1. The lowest BCUT2D eigenvalue weighted by atomic mass is 10.2. The number of nitrogens with zero attached hydrogens (tertiary/aromatic N) is 1. The fourth-order valence-electron chi connectivity index (χ4n) is 2.40. The second kappa shape index (κ2) is 6.43. The van der Waals surface area contributed by atoms with Gasteiger partial charge in [0.15, 0.2) is 0 Å². The first-order chi connectivity index (χ1) is 8.28. The van der Waals surface area contributed by atoms with Gasteiger partial charge in [0.1, 0.15) is 0 Å². The van der Waals surface area contributed by atoms with Crippen LogP contribution in [0.5, 0.6) is 0 Å². The predicted octanol–water partition coefficient (Wildman–Crippen LogP) is 2.59. The molecule has 17 heavy (non-hydrogen) atoms. The van der Waals surface area contributed by atoms with Crippen molar-refractivity contribution in [1.82, 2.24) is 10.2 Å². The maximum atomic E-state index is 3.55. The van der Waals surface area contributed by atoms with Crippen molar-refractivity contribution in [1.29, 1.82) is 0 Å². The Kier molecular flexibility index (Phi) is 4.89. The molecular formula is C14H22N2S. The van der Waals surface area contributed by atoms with Gasteiger partial charge >= 0.3 is 0 Å². The topological polar surface area (TPSA) is 15.3 Å². The summed E-state index contributed by atoms with van der Waals surface area (Å²) in [5.41, 5.74) is 1.41. The maximum Gasteiger partial charge on any atom is 0.0231 e. The van der Waals surface area contributed by atoms with Gasteiger partial charge in [-0.2, -0.15) is 0 Å². The molecule has 94 valence electrons. The van der Waals surface area contributed by atoms with Crippen molar-refractivity contribution in [2.75, 3.05) is 26.4 Å². The molecule has 0 aliphatic carbocycles. The van der Waals surface area contributed by atoms with Crippen LogP contribution in [0.3, 0.4) is 0 Å². The zero-order chi connectivity index (χ0) is 12.1. The highest BCUT2D eigenvalue weighted by molar-refractivity contribution is 7.98. The van der Waals surface area contributed by atoms with Crippen molar-refractivity contribution in [2.24, 2.45) is 0 Å². The molecule has 0 saturated carbocycles. The minimum absolute atomic E-state index is 0.700. The smallest absolute Gasteiger partial charge is 0.0231 e. The summed E-state index contributed by atoms with van der Waals surface area (Å²) in [7, 11) is 2.21. The Morgan fingerprint density at radius 2 is 2.12 bits per heavy atom. The second-order valence-corrected chi connectivity index (χ2v) is 5.72. The van der Waals surface area contributed by atoms with Crippen LogP contribution in [-0.4, -0.2) is 37.3 Å². The van der Waals surface area contributed by atoms with Crippen molar-refractivity contribution in [2.45, 2.75) is 30.3 Å². The molecule has 0 spiro atoms. The second-order valence-electron chi connectivity index (χ2n) is 4.84. The SMILES string of the molecule is CSc1ccc(CN(C)CC2CCCN2)cc1. The molecule has 1 aliphatic rings. The zero-order valence-corrected chi connectivity index (χ0v) is 11.6. The molecule has 1 saturated heterocycles. The summed E-state index contributed by atoms with van der Waals surface area (Å²) in [6.45, 7) is 3.40. The van der Waals surface area contributed by atoms with Crippen LogP contribution < -0.4 is 5.32 Å². The molecule has 1 aliphatic heterocycles. The van der Waals surface area contributed by atoms with E-state index >= 15 is 0 Å². The van der Waals surface area contributed by atoms with Crippen molar-refractivity contribution in [3.8, 4) is 0 Å². The predicted molar refractivity (Wildman–Crippen MR) is 75.6 cm³/mol. The Labute approximate surface area is 109 Å². The van der Waals surface area contributed by atoms with Gasteiger partial charge in [-0.05, 0) is 50.4 Å². The average molecular weight is 250 g/mol. The molecule has 1 aromatic rings. The molecule has 2 rings (SSSR count). The summed E-state index contributed by atoms with van der Waals surface area (Å²) >= 11 is 1.80. The van der Waals surface area contributed by atoms with Crippen LogP contribution in [0.1, 0.15) is 18.4 Å². The first-order valence-electron chi connectivity index (χ1n) is 6.33. The van der Waals surface area contributed by atoms with Crippen LogP contribution in [0.15, 0.2) is 29.2 Å². The molecule has 1 heterocycles. The molecule has 1 aromatic carbocycles. The summed E-state index contributed by atoms with van der Waals surface area (Å²) in [6.07, 6.45) is 4.78. The van der Waals surface area contributed by atoms with Gasteiger partial charge in [0.05, 0.1) is 0 Å². The highest BCUT2D eigenvalue weighted by atomic mass is 32.2. The van der Waals surface area contributed by atoms with Gasteiger partial charge in [-0.3, -0.25) is 0 Å². The lowest BCUT2D eigenvalue weighted by Gasteiger charge is -2.21. The van der Waals surface area contributed by atoms with Gasteiger partial charge in [0, 0.05) is 24.0 Å². The fourth-order valence-corrected chi connectivity index (χ4v) is 2.80. The quantitative estimate of drug-likeness (QED) is 0.809. The number of nitrogens with one attached hydrogen (secondary N) is 1. The summed E-state index contributed by atoms with van der Waals surface area (Å²) in [6, 6.07) is 9.60. The van der Waals surface area contributed by atoms with Gasteiger partial charge in [-0.15, -0.1) is 11.8 Å². The number of benzene rings is 1. The van der Waals surface area contributed by atoms with Crippen LogP contribution in [0.25, 0.3) is 0 Å². The highest BCUT2D eigenvalue weighted by Crippen LogP contribution is 2.16. The molecule has 3 heteroatoms. The van der Waals surface area contributed by atoms with Gasteiger partial charge in [0.2, 0.25) is 0 Å². The Morgan fingerprint density at radius 3 is 2.71 bits per heavy atom. The summed E-state index contributed by atoms with van der Waals surface area (Å²) in [5.74, 6) is 0. The molecule has 2 nitrogen and oxygen atoms in total. The van der Waals surface area contributed by atoms with Crippen LogP contribution in [0.4, 0.5) is 0 Å². The Bertz CT molecular complexity index is 331. The summed E-state index contributed by atoms with van der Waals surface area (Å²) < 4.78 is 0. The lowest BCUT2D eigenvalue weighted by molar-refractivity contribution is 0.293. The summed E-state index contributed by atoms with van der Waals surface area (Å²) in [4.78, 5) is 3.76. The van der Waals surface area contributed by atoms with Gasteiger partial charge in [-0.25, -0.2) is 0 Å². The van der Waals surface area contributed by atoms with Crippen LogP contribution in [0, 0.1) is 0 Å². The van der Waals surface area contributed by atoms with E-state index in [1.807, 2.05) is 0 Å². The molecule has 0 amide bonds. The average Bonchev–Trinajstić information content (AvgIpc) is 2.82. The molecular weight excluding hydrogens is 228 g/mol. The van der Waals surface area contributed by atoms with E-state index in [0.29, 0.717) is 6.04 Å². The first-order valence-corrected chi connectivity index (χ1v) is 7.55. The van der Waals surface area contributed by atoms with Crippen LogP contribution in [0.2, 0.25) is 0 Å². The number of rotatable bonds is 5. The van der Waals surface area contributed by atoms with E-state index in [1.54, 1.807) is 11.8 Å². The first kappa shape index (κ1) is 12.9. The largest absolute Gasteiger partial charge is 0.313 e. The molecule has 1 N–H and O–H groups in total. The van der Waals surface area contributed by atoms with Crippen LogP contribution in [-0.2, 0) is 6.54 Å². The Hall–Kier alpha value is -0.510. The third-order valence-electron chi connectivity index (χ3n) is 3.31. The maximum absolute atomic E-state index is 3.55. The monoisotopic (exact) mass is 250 g/mol. The molecule has 1 fully saturated rings. The summed E-state index contributed by atoms with van der Waals surface area (Å²) in [5, 5.41) is 3.55. The van der Waals surface area contributed by atoms with Crippen molar-refractivity contribution in [3.63, 3.8) is 0 Å². The van der Waals surface area contributed by atoms with E-state index < -0.39 is 0 Å². The van der Waals surface area contributed by atoms with E-state index in [1.165, 1.54) is 29.8 Å². The Morgan fingerprint density at radius 1 is 1.35 bits per heavy atom. The normalized spacial score (nSPS) is 20.1. The van der Waals surface area contributed by atoms with Gasteiger partial charge in [0.25, 0.3) is 0 Å². The number of thioether (sulfide) groups is 1. The fraction of sp³-hybridized carbons (Fsp3) is 0.571. The minimum atomic E-state index is 0.700. The van der Waals surface area contributed by atoms with E-state index in [-0.39, 0.29) is 0 Å². The van der Waals surface area contributed by atoms with E-state index in [2.05, 4.69) is 47.8 Å². The highest BCUT2D eigenvalue weighted by Gasteiger charge is 2.15. The van der Waals surface area contributed by atoms with E-state index in [9.17, 15) is 0 Å². The van der Waals surface area contributed by atoms with Gasteiger partial charge < -0.3 is 10.2 Å². The Balaban J connectivity index is 1.81. The van der Waals surface area contributed by atoms with Gasteiger partial charge in [-0.1, -0.05) is 12.1 Å². The molecule has 1 unspecified atom stereocenters. The third-order valence-corrected chi connectivity index (χ3v) is 4.05. The van der Waals surface area contributed by atoms with Crippen molar-refractivity contribution >= 4 is 11.8 Å². The molecule has 0 radical (unpaired) electrons. The van der Waals surface area contributed by atoms with E-state index in [0.717, 1.165) is 13.1 Å². The molecule has 0 aromatic heterocycles. The van der Waals surface area contributed by atoms with Crippen LogP contribution >= 0.6 is 11.8 Å². The zero-order valence-electron chi connectivity index (χ0n) is 10.8. The minimum Gasteiger partial charge on any atom is -0.313 e. The van der Waals surface area contributed by atoms with Crippen molar-refractivity contribution in [3.05, 3.63) is 29.8 Å². The molecule has 0 bridgehead atoms. The lowest BCUT2D eigenvalue weighted by Crippen LogP contribution is -2.34. The molecule has 1 atom stereocenters. The van der Waals surface area contributed by atoms with E-state index in [4.69, 9.17) is 0 Å². The van der Waals surface area contributed by atoms with Crippen molar-refractivity contribution < 1.29 is 0 Å². The number of hydrogen-bond donors (Lipinski definition) is 1.